The van der Waals surface area contributed by atoms with Crippen LogP contribution in [0.25, 0.3) is 22.4 Å². The van der Waals surface area contributed by atoms with E-state index in [4.69, 9.17) is 9.63 Å². The van der Waals surface area contributed by atoms with Gasteiger partial charge in [-0.1, -0.05) is 11.2 Å². The Kier molecular flexibility index (Phi) is 2.16. The van der Waals surface area contributed by atoms with Crippen LogP contribution in [0.4, 0.5) is 4.39 Å². The van der Waals surface area contributed by atoms with Crippen LogP contribution < -0.4 is 0 Å². The van der Waals surface area contributed by atoms with Gasteiger partial charge in [-0.2, -0.15) is 0 Å². The van der Waals surface area contributed by atoms with Gasteiger partial charge in [-0.15, -0.1) is 0 Å². The van der Waals surface area contributed by atoms with Crippen molar-refractivity contribution < 1.29 is 18.8 Å². The Morgan fingerprint density at radius 1 is 1.39 bits per heavy atom. The summed E-state index contributed by atoms with van der Waals surface area (Å²) in [5.41, 5.74) is 0.900. The molecule has 0 radical (unpaired) electrons. The number of carboxylic acid groups (broad SMARTS) is 1. The number of carboxylic acids is 1. The normalized spacial score (nSPS) is 10.9. The molecule has 2 heterocycles. The molecule has 0 fully saturated rings. The number of aromatic amines is 1. The molecule has 2 N–H and O–H groups in total. The van der Waals surface area contributed by atoms with Crippen LogP contribution in [-0.4, -0.2) is 21.2 Å². The summed E-state index contributed by atoms with van der Waals surface area (Å²) in [6.07, 6.45) is 0. The van der Waals surface area contributed by atoms with Gasteiger partial charge in [0, 0.05) is 17.0 Å². The molecule has 6 heteroatoms. The Labute approximate surface area is 99.8 Å². The predicted octanol–water partition coefficient (Wildman–Crippen LogP) is 2.66. The van der Waals surface area contributed by atoms with Crippen LogP contribution in [-0.2, 0) is 0 Å². The van der Waals surface area contributed by atoms with Gasteiger partial charge in [-0.3, -0.25) is 0 Å². The third-order valence-corrected chi connectivity index (χ3v) is 2.61. The summed E-state index contributed by atoms with van der Waals surface area (Å²) in [6.45, 7) is 0. The maximum atomic E-state index is 13.5. The molecule has 2 aromatic heterocycles. The molecule has 90 valence electrons. The number of nitrogens with one attached hydrogen (secondary N) is 1. The lowest BCUT2D eigenvalue weighted by atomic mass is 10.2. The Balaban J connectivity index is 2.13. The number of hydrogen-bond acceptors (Lipinski definition) is 3. The van der Waals surface area contributed by atoms with Crippen molar-refractivity contribution in [3.63, 3.8) is 0 Å². The SMILES string of the molecule is O=C(O)c1cc(-c2cc3c(F)cccc3[nH]2)on1. The highest BCUT2D eigenvalue weighted by molar-refractivity contribution is 5.88. The highest BCUT2D eigenvalue weighted by Gasteiger charge is 2.14. The van der Waals surface area contributed by atoms with Crippen molar-refractivity contribution in [2.45, 2.75) is 0 Å². The Morgan fingerprint density at radius 3 is 2.89 bits per heavy atom. The maximum absolute atomic E-state index is 13.5. The van der Waals surface area contributed by atoms with Crippen LogP contribution in [0.1, 0.15) is 10.5 Å². The van der Waals surface area contributed by atoms with Crippen LogP contribution in [0.3, 0.4) is 0 Å². The second kappa shape index (κ2) is 3.69. The molecule has 0 spiro atoms. The highest BCUT2D eigenvalue weighted by Crippen LogP contribution is 2.26. The van der Waals surface area contributed by atoms with E-state index in [1.807, 2.05) is 0 Å². The molecule has 18 heavy (non-hydrogen) atoms. The Bertz CT molecular complexity index is 745. The van der Waals surface area contributed by atoms with Crippen LogP contribution in [0.5, 0.6) is 0 Å². The zero-order valence-electron chi connectivity index (χ0n) is 8.98. The molecular formula is C12H7FN2O3. The molecule has 3 rings (SSSR count). The topological polar surface area (TPSA) is 79.1 Å². The number of halogens is 1. The molecule has 0 unspecified atom stereocenters. The van der Waals surface area contributed by atoms with Gasteiger partial charge in [0.1, 0.15) is 5.82 Å². The van der Waals surface area contributed by atoms with E-state index in [2.05, 4.69) is 10.1 Å². The molecule has 0 amide bonds. The third-order valence-electron chi connectivity index (χ3n) is 2.61. The van der Waals surface area contributed by atoms with Crippen molar-refractivity contribution in [3.05, 3.63) is 41.8 Å². The first-order chi connectivity index (χ1) is 8.65. The first kappa shape index (κ1) is 10.5. The van der Waals surface area contributed by atoms with E-state index in [9.17, 15) is 9.18 Å². The third kappa shape index (κ3) is 1.55. The molecular weight excluding hydrogens is 239 g/mol. The number of carbonyl (C=O) groups is 1. The van der Waals surface area contributed by atoms with Crippen molar-refractivity contribution >= 4 is 16.9 Å². The molecule has 0 saturated carbocycles. The number of benzene rings is 1. The molecule has 0 atom stereocenters. The van der Waals surface area contributed by atoms with Crippen molar-refractivity contribution in [3.8, 4) is 11.5 Å². The zero-order valence-corrected chi connectivity index (χ0v) is 8.98. The van der Waals surface area contributed by atoms with Crippen molar-refractivity contribution in [2.75, 3.05) is 0 Å². The average Bonchev–Trinajstić information content (AvgIpc) is 2.95. The van der Waals surface area contributed by atoms with Crippen LogP contribution in [0, 0.1) is 5.82 Å². The van der Waals surface area contributed by atoms with Gasteiger partial charge in [-0.25, -0.2) is 9.18 Å². The fraction of sp³-hybridized carbons (Fsp3) is 0. The van der Waals surface area contributed by atoms with Gasteiger partial charge in [-0.05, 0) is 18.2 Å². The largest absolute Gasteiger partial charge is 0.476 e. The lowest BCUT2D eigenvalue weighted by Crippen LogP contribution is -1.94. The van der Waals surface area contributed by atoms with Gasteiger partial charge in [0.2, 0.25) is 0 Å². The number of nitrogens with zero attached hydrogens (tertiary/aromatic N) is 1. The minimum absolute atomic E-state index is 0.191. The Hall–Kier alpha value is -2.63. The van der Waals surface area contributed by atoms with Gasteiger partial charge < -0.3 is 14.6 Å². The van der Waals surface area contributed by atoms with E-state index < -0.39 is 5.97 Å². The Morgan fingerprint density at radius 2 is 2.22 bits per heavy atom. The first-order valence-corrected chi connectivity index (χ1v) is 5.13. The molecule has 5 nitrogen and oxygen atoms in total. The van der Waals surface area contributed by atoms with E-state index in [1.54, 1.807) is 18.2 Å². The number of aromatic nitrogens is 2. The fourth-order valence-electron chi connectivity index (χ4n) is 1.75. The van der Waals surface area contributed by atoms with Gasteiger partial charge in [0.05, 0.1) is 5.69 Å². The lowest BCUT2D eigenvalue weighted by molar-refractivity contribution is 0.0686. The molecule has 0 bridgehead atoms. The van der Waals surface area contributed by atoms with Crippen molar-refractivity contribution in [2.24, 2.45) is 0 Å². The lowest BCUT2D eigenvalue weighted by Gasteiger charge is -1.88. The van der Waals surface area contributed by atoms with Crippen molar-refractivity contribution in [1.82, 2.24) is 10.1 Å². The zero-order chi connectivity index (χ0) is 12.7. The van der Waals surface area contributed by atoms with Gasteiger partial charge in [0.25, 0.3) is 0 Å². The molecule has 0 aliphatic rings. The van der Waals surface area contributed by atoms with Gasteiger partial charge >= 0.3 is 5.97 Å². The number of fused-ring (bicyclic) bond motifs is 1. The quantitative estimate of drug-likeness (QED) is 0.728. The van der Waals surface area contributed by atoms with E-state index in [1.165, 1.54) is 12.1 Å². The second-order valence-electron chi connectivity index (χ2n) is 3.77. The van der Waals surface area contributed by atoms with Crippen molar-refractivity contribution in [1.29, 1.82) is 0 Å². The summed E-state index contributed by atoms with van der Waals surface area (Å²) in [5, 5.41) is 12.6. The van der Waals surface area contributed by atoms with E-state index in [-0.39, 0.29) is 17.3 Å². The maximum Gasteiger partial charge on any atom is 0.358 e. The standard InChI is InChI=1S/C12H7FN2O3/c13-7-2-1-3-8-6(7)4-9(14-8)11-5-10(12(16)17)15-18-11/h1-5,14H,(H,16,17). The summed E-state index contributed by atoms with van der Waals surface area (Å²) >= 11 is 0. The second-order valence-corrected chi connectivity index (χ2v) is 3.77. The molecule has 1 aromatic carbocycles. The number of aromatic carboxylic acids is 1. The minimum Gasteiger partial charge on any atom is -0.476 e. The summed E-state index contributed by atoms with van der Waals surface area (Å²) in [7, 11) is 0. The smallest absolute Gasteiger partial charge is 0.358 e. The molecule has 0 saturated heterocycles. The molecule has 3 aromatic rings. The monoisotopic (exact) mass is 246 g/mol. The minimum atomic E-state index is -1.17. The van der Waals surface area contributed by atoms with Crippen LogP contribution >= 0.6 is 0 Å². The summed E-state index contributed by atoms with van der Waals surface area (Å²) in [6, 6.07) is 7.49. The predicted molar refractivity (Wildman–Crippen MR) is 60.7 cm³/mol. The highest BCUT2D eigenvalue weighted by atomic mass is 19.1. The van der Waals surface area contributed by atoms with E-state index in [0.29, 0.717) is 16.6 Å². The summed E-state index contributed by atoms with van der Waals surface area (Å²) in [5.74, 6) is -1.27. The molecule has 0 aliphatic carbocycles. The number of hydrogen-bond donors (Lipinski definition) is 2. The van der Waals surface area contributed by atoms with Crippen LogP contribution in [0.2, 0.25) is 0 Å². The average molecular weight is 246 g/mol. The summed E-state index contributed by atoms with van der Waals surface area (Å²) < 4.78 is 18.4. The number of rotatable bonds is 2. The van der Waals surface area contributed by atoms with Gasteiger partial charge in [0.15, 0.2) is 11.5 Å². The first-order valence-electron chi connectivity index (χ1n) is 5.13. The van der Waals surface area contributed by atoms with E-state index >= 15 is 0 Å². The van der Waals surface area contributed by atoms with Crippen LogP contribution in [0.15, 0.2) is 34.9 Å². The molecule has 0 aliphatic heterocycles. The number of H-pyrrole nitrogens is 1. The fourth-order valence-corrected chi connectivity index (χ4v) is 1.75. The summed E-state index contributed by atoms with van der Waals surface area (Å²) in [4.78, 5) is 13.6. The van der Waals surface area contributed by atoms with E-state index in [0.717, 1.165) is 0 Å².